The first kappa shape index (κ1) is 19.1. The minimum atomic E-state index is -2.64. The van der Waals surface area contributed by atoms with Gasteiger partial charge in [0.15, 0.2) is 0 Å². The quantitative estimate of drug-likeness (QED) is 0.623. The maximum atomic E-state index is 13.9. The van der Waals surface area contributed by atoms with Crippen molar-refractivity contribution < 1.29 is 13.2 Å². The molecule has 1 unspecified atom stereocenters. The van der Waals surface area contributed by atoms with E-state index in [4.69, 9.17) is 5.10 Å². The molecule has 0 saturated carbocycles. The molecule has 7 heteroatoms. The first-order chi connectivity index (χ1) is 14.4. The lowest BCUT2D eigenvalue weighted by Crippen LogP contribution is -2.33. The van der Waals surface area contributed by atoms with E-state index in [1.807, 2.05) is 34.8 Å². The van der Waals surface area contributed by atoms with Crippen molar-refractivity contribution in [3.8, 4) is 22.4 Å². The van der Waals surface area contributed by atoms with Crippen LogP contribution in [0, 0.1) is 5.82 Å². The smallest absolute Gasteiger partial charge is 0.262 e. The lowest BCUT2D eigenvalue weighted by Gasteiger charge is -2.28. The monoisotopic (exact) mass is 410 g/mol. The number of nitrogens with zero attached hydrogens (tertiary/aromatic N) is 4. The molecule has 1 atom stereocenters. The molecule has 0 amide bonds. The number of pyridine rings is 1. The average molecular weight is 410 g/mol. The number of aromatic nitrogens is 3. The summed E-state index contributed by atoms with van der Waals surface area (Å²) in [6.45, 7) is 0.420. The van der Waals surface area contributed by atoms with Gasteiger partial charge in [-0.05, 0) is 54.0 Å². The minimum Gasteiger partial charge on any atom is -0.290 e. The van der Waals surface area contributed by atoms with Crippen molar-refractivity contribution in [1.82, 2.24) is 19.7 Å². The van der Waals surface area contributed by atoms with Gasteiger partial charge in [-0.15, -0.1) is 0 Å². The van der Waals surface area contributed by atoms with E-state index in [0.717, 1.165) is 33.7 Å². The van der Waals surface area contributed by atoms with E-state index < -0.39 is 5.92 Å². The molecule has 30 heavy (non-hydrogen) atoms. The highest BCUT2D eigenvalue weighted by Crippen LogP contribution is 2.42. The van der Waals surface area contributed by atoms with Gasteiger partial charge < -0.3 is 0 Å². The van der Waals surface area contributed by atoms with E-state index in [9.17, 15) is 13.2 Å². The van der Waals surface area contributed by atoms with Crippen LogP contribution in [0.2, 0.25) is 0 Å². The molecule has 1 fully saturated rings. The molecule has 2 aromatic heterocycles. The van der Waals surface area contributed by atoms with Crippen molar-refractivity contribution in [1.29, 1.82) is 0 Å². The van der Waals surface area contributed by atoms with Crippen LogP contribution < -0.4 is 0 Å². The van der Waals surface area contributed by atoms with Gasteiger partial charge in [-0.2, -0.15) is 5.10 Å². The molecule has 3 aromatic rings. The lowest BCUT2D eigenvalue weighted by molar-refractivity contribution is 0.0124. The zero-order valence-corrected chi connectivity index (χ0v) is 16.5. The number of fused-ring (bicyclic) bond motifs is 1. The molecular formula is C23H21F3N4. The van der Waals surface area contributed by atoms with Gasteiger partial charge in [0.1, 0.15) is 11.5 Å². The molecule has 154 valence electrons. The summed E-state index contributed by atoms with van der Waals surface area (Å²) in [5.41, 5.74) is 5.32. The Morgan fingerprint density at radius 3 is 2.50 bits per heavy atom. The summed E-state index contributed by atoms with van der Waals surface area (Å²) >= 11 is 0. The number of hydrogen-bond donors (Lipinski definition) is 0. The van der Waals surface area contributed by atoms with Gasteiger partial charge in [0.25, 0.3) is 5.92 Å². The summed E-state index contributed by atoms with van der Waals surface area (Å²) in [5.74, 6) is -2.95. The second kappa shape index (κ2) is 7.09. The van der Waals surface area contributed by atoms with Crippen LogP contribution in [0.4, 0.5) is 13.2 Å². The number of benzene rings is 1. The van der Waals surface area contributed by atoms with E-state index in [2.05, 4.69) is 4.98 Å². The molecule has 0 radical (unpaired) electrons. The molecule has 0 aliphatic carbocycles. The zero-order chi connectivity index (χ0) is 20.9. The van der Waals surface area contributed by atoms with Crippen molar-refractivity contribution in [2.75, 3.05) is 13.1 Å². The van der Waals surface area contributed by atoms with E-state index in [-0.39, 0.29) is 24.8 Å². The number of hydrogen-bond acceptors (Lipinski definition) is 3. The van der Waals surface area contributed by atoms with Crippen molar-refractivity contribution in [2.24, 2.45) is 7.05 Å². The van der Waals surface area contributed by atoms with Gasteiger partial charge in [-0.25, -0.2) is 13.2 Å². The largest absolute Gasteiger partial charge is 0.290 e. The summed E-state index contributed by atoms with van der Waals surface area (Å²) in [7, 11) is 1.86. The third-order valence-corrected chi connectivity index (χ3v) is 5.91. The van der Waals surface area contributed by atoms with Gasteiger partial charge in [0.05, 0.1) is 12.2 Å². The van der Waals surface area contributed by atoms with E-state index in [1.54, 1.807) is 24.5 Å². The molecule has 0 spiro atoms. The fourth-order valence-corrected chi connectivity index (χ4v) is 4.59. The second-order valence-electron chi connectivity index (χ2n) is 7.98. The fourth-order valence-electron chi connectivity index (χ4n) is 4.59. The van der Waals surface area contributed by atoms with Crippen LogP contribution in [-0.4, -0.2) is 44.7 Å². The Labute approximate surface area is 172 Å². The number of aryl methyl sites for hydroxylation is 1. The highest BCUT2D eigenvalue weighted by atomic mass is 19.3. The molecule has 0 bridgehead atoms. The molecular weight excluding hydrogens is 389 g/mol. The van der Waals surface area contributed by atoms with Crippen LogP contribution in [-0.2, 0) is 7.05 Å². The van der Waals surface area contributed by atoms with Crippen LogP contribution in [0.15, 0.2) is 54.9 Å². The van der Waals surface area contributed by atoms with Gasteiger partial charge in [0, 0.05) is 49.6 Å². The maximum absolute atomic E-state index is 13.9. The molecule has 5 rings (SSSR count). The highest BCUT2D eigenvalue weighted by Gasteiger charge is 2.45. The molecule has 0 N–H and O–H groups in total. The van der Waals surface area contributed by atoms with Crippen molar-refractivity contribution >= 4 is 5.57 Å². The third-order valence-electron chi connectivity index (χ3n) is 5.91. The van der Waals surface area contributed by atoms with Crippen LogP contribution in [0.3, 0.4) is 0 Å². The van der Waals surface area contributed by atoms with Crippen LogP contribution >= 0.6 is 0 Å². The number of alkyl halides is 2. The number of rotatable bonds is 3. The Hall–Kier alpha value is -2.93. The summed E-state index contributed by atoms with van der Waals surface area (Å²) in [6, 6.07) is 9.80. The second-order valence-corrected chi connectivity index (χ2v) is 7.98. The summed E-state index contributed by atoms with van der Waals surface area (Å²) in [5, 5.41) is 4.75. The predicted molar refractivity (Wildman–Crippen MR) is 109 cm³/mol. The first-order valence-corrected chi connectivity index (χ1v) is 9.97. The number of halogens is 3. The van der Waals surface area contributed by atoms with Gasteiger partial charge in [-0.3, -0.25) is 14.6 Å². The Morgan fingerprint density at radius 2 is 1.77 bits per heavy atom. The molecule has 2 aliphatic heterocycles. The van der Waals surface area contributed by atoms with E-state index in [0.29, 0.717) is 13.0 Å². The topological polar surface area (TPSA) is 34.0 Å². The molecule has 1 saturated heterocycles. The Morgan fingerprint density at radius 1 is 1.03 bits per heavy atom. The van der Waals surface area contributed by atoms with Crippen molar-refractivity contribution in [3.63, 3.8) is 0 Å². The van der Waals surface area contributed by atoms with Gasteiger partial charge in [0.2, 0.25) is 0 Å². The summed E-state index contributed by atoms with van der Waals surface area (Å²) < 4.78 is 43.2. The van der Waals surface area contributed by atoms with E-state index >= 15 is 0 Å². The lowest BCUT2D eigenvalue weighted by atomic mass is 9.92. The highest BCUT2D eigenvalue weighted by molar-refractivity contribution is 5.90. The Balaban J connectivity index is 1.66. The van der Waals surface area contributed by atoms with Crippen LogP contribution in [0.1, 0.15) is 18.5 Å². The zero-order valence-electron chi connectivity index (χ0n) is 16.5. The van der Waals surface area contributed by atoms with Crippen molar-refractivity contribution in [2.45, 2.75) is 24.8 Å². The molecule has 2 aliphatic rings. The molecule has 4 nitrogen and oxygen atoms in total. The first-order valence-electron chi connectivity index (χ1n) is 9.97. The minimum absolute atomic E-state index is 0.149. The maximum Gasteiger partial charge on any atom is 0.262 e. The Bertz CT molecular complexity index is 1100. The van der Waals surface area contributed by atoms with Crippen LogP contribution in [0.25, 0.3) is 28.0 Å². The normalized spacial score (nSPS) is 20.8. The fraction of sp³-hybridized carbons (Fsp3) is 0.304. The summed E-state index contributed by atoms with van der Waals surface area (Å²) in [6.07, 6.45) is 5.93. The van der Waals surface area contributed by atoms with Gasteiger partial charge >= 0.3 is 0 Å². The standard InChI is InChI=1S/C23H21F3N4/c1-29-22(17-8-11-30-14-23(25,26)13-19(30)12-17)20(15-6-9-27-10-7-15)21(28-29)16-2-4-18(24)5-3-16/h2-7,9-10,12,19H,8,11,13-14H2,1H3. The molecule has 1 aromatic carbocycles. The summed E-state index contributed by atoms with van der Waals surface area (Å²) in [4.78, 5) is 5.97. The Kier molecular flexibility index (Phi) is 4.50. The van der Waals surface area contributed by atoms with Gasteiger partial charge in [-0.1, -0.05) is 6.08 Å². The predicted octanol–water partition coefficient (Wildman–Crippen LogP) is 4.78. The third kappa shape index (κ3) is 3.33. The SMILES string of the molecule is Cn1nc(-c2ccc(F)cc2)c(-c2ccncc2)c1C1=CC2CC(F)(F)CN2CC1. The van der Waals surface area contributed by atoms with Crippen LogP contribution in [0.5, 0.6) is 0 Å². The molecule has 4 heterocycles. The van der Waals surface area contributed by atoms with Crippen molar-refractivity contribution in [3.05, 3.63) is 66.4 Å². The average Bonchev–Trinajstić information content (AvgIpc) is 3.23. The van der Waals surface area contributed by atoms with E-state index in [1.165, 1.54) is 12.1 Å².